The van der Waals surface area contributed by atoms with Crippen LogP contribution in [0.1, 0.15) is 73.3 Å². The summed E-state index contributed by atoms with van der Waals surface area (Å²) in [6, 6.07) is 5.81. The third-order valence-electron chi connectivity index (χ3n) is 14.1. The number of terminal acetylenes is 1. The zero-order chi connectivity index (χ0) is 43.5. The average molecular weight is 865 g/mol. The number of hydrogen-bond acceptors (Lipinski definition) is 14. The molecule has 5 aliphatic rings. The second-order valence-corrected chi connectivity index (χ2v) is 17.7. The molecule has 0 saturated carbocycles. The van der Waals surface area contributed by atoms with E-state index >= 15 is 8.78 Å². The van der Waals surface area contributed by atoms with Crippen LogP contribution < -0.4 is 26.0 Å². The van der Waals surface area contributed by atoms with Gasteiger partial charge in [-0.05, 0) is 82.0 Å². The van der Waals surface area contributed by atoms with Crippen molar-refractivity contribution in [3.8, 4) is 35.4 Å². The molecule has 0 N–H and O–H groups in total. The fourth-order valence-corrected chi connectivity index (χ4v) is 11.3. The molecule has 2 aromatic carbocycles. The summed E-state index contributed by atoms with van der Waals surface area (Å²) in [7, 11) is 0. The van der Waals surface area contributed by atoms with Crippen LogP contribution in [0.15, 0.2) is 51.5 Å². The molecule has 0 radical (unpaired) electrons. The predicted molar refractivity (Wildman–Crippen MR) is 221 cm³/mol. The number of alkyl halides is 1. The van der Waals surface area contributed by atoms with Crippen molar-refractivity contribution in [2.75, 3.05) is 31.1 Å². The summed E-state index contributed by atoms with van der Waals surface area (Å²) < 4.78 is 81.8. The van der Waals surface area contributed by atoms with Crippen molar-refractivity contribution in [2.24, 2.45) is 5.92 Å². The van der Waals surface area contributed by atoms with Crippen LogP contribution in [0.25, 0.3) is 32.9 Å². The van der Waals surface area contributed by atoms with E-state index in [1.807, 2.05) is 0 Å². The molecule has 0 unspecified atom stereocenters. The van der Waals surface area contributed by atoms with Crippen molar-refractivity contribution < 1.29 is 40.3 Å². The Kier molecular flexibility index (Phi) is 9.29. The summed E-state index contributed by atoms with van der Waals surface area (Å²) >= 11 is 0. The second kappa shape index (κ2) is 14.7. The lowest BCUT2D eigenvalue weighted by Gasteiger charge is -2.49. The number of piperazine rings is 1. The molecule has 326 valence electrons. The Morgan fingerprint density at radius 1 is 0.968 bits per heavy atom. The molecular weight excluding hydrogens is 822 g/mol. The summed E-state index contributed by atoms with van der Waals surface area (Å²) in [5, 5.41) is 1.14. The molecule has 0 amide bonds. The van der Waals surface area contributed by atoms with Crippen LogP contribution in [0.2, 0.25) is 0 Å². The van der Waals surface area contributed by atoms with E-state index in [1.54, 1.807) is 19.9 Å². The first-order valence-corrected chi connectivity index (χ1v) is 21.4. The fourth-order valence-electron chi connectivity index (χ4n) is 11.3. The van der Waals surface area contributed by atoms with Crippen LogP contribution in [-0.2, 0) is 19.6 Å². The lowest BCUT2D eigenvalue weighted by atomic mass is 9.88. The van der Waals surface area contributed by atoms with E-state index in [2.05, 4.69) is 27.5 Å². The molecule has 14 nitrogen and oxygen atoms in total. The number of fused-ring (bicyclic) bond motifs is 7. The summed E-state index contributed by atoms with van der Waals surface area (Å²) in [4.78, 5) is 45.5. The number of ether oxygens (including phenoxy) is 2. The third-order valence-corrected chi connectivity index (χ3v) is 14.1. The van der Waals surface area contributed by atoms with Crippen LogP contribution in [0.3, 0.4) is 0 Å². The average Bonchev–Trinajstić information content (AvgIpc) is 4.01. The molecule has 4 aromatic heterocycles. The molecule has 2 bridgehead atoms. The summed E-state index contributed by atoms with van der Waals surface area (Å²) in [6.07, 6.45) is 9.10. The Morgan fingerprint density at radius 3 is 2.52 bits per heavy atom. The summed E-state index contributed by atoms with van der Waals surface area (Å²) in [6.45, 7) is 7.39. The summed E-state index contributed by atoms with van der Waals surface area (Å²) in [5.74, 6) is 1.37. The number of anilines is 1. The first-order chi connectivity index (χ1) is 30.4. The number of hydrogen-bond donors (Lipinski definition) is 0. The first kappa shape index (κ1) is 39.7. The van der Waals surface area contributed by atoms with E-state index in [4.69, 9.17) is 48.5 Å². The maximum absolute atomic E-state index is 17.9. The topological polar surface area (TPSA) is 154 Å². The van der Waals surface area contributed by atoms with Gasteiger partial charge in [0.2, 0.25) is 0 Å². The lowest BCUT2D eigenvalue weighted by Crippen LogP contribution is -2.61. The molecule has 17 heteroatoms. The van der Waals surface area contributed by atoms with E-state index in [-0.39, 0.29) is 88.3 Å². The number of pyridine rings is 1. The maximum Gasteiger partial charge on any atom is 0.519 e. The van der Waals surface area contributed by atoms with Crippen LogP contribution in [0.4, 0.5) is 19.0 Å². The molecular formula is C46H43F3N6O8. The van der Waals surface area contributed by atoms with Gasteiger partial charge in [-0.2, -0.15) is 9.97 Å². The number of halogens is 3. The smallest absolute Gasteiger partial charge is 0.485 e. The Bertz CT molecular complexity index is 3010. The molecule has 6 aromatic rings. The van der Waals surface area contributed by atoms with Crippen molar-refractivity contribution >= 4 is 27.5 Å². The van der Waals surface area contributed by atoms with Gasteiger partial charge in [0.05, 0.1) is 28.7 Å². The van der Waals surface area contributed by atoms with Crippen molar-refractivity contribution in [1.29, 1.82) is 0 Å². The van der Waals surface area contributed by atoms with Gasteiger partial charge >= 0.3 is 17.7 Å². The Balaban J connectivity index is 1.07. The molecule has 4 fully saturated rings. The number of aryl methyl sites for hydroxylation is 2. The second-order valence-electron chi connectivity index (χ2n) is 17.7. The normalized spacial score (nSPS) is 25.4. The minimum atomic E-state index is -0.979. The SMILES string of the molecule is C#Cc1c(F)ccc2cc(OCc3oc(=O)oc3C)cc(-c3nc4c5c(nc(OC[C@@]67CCCN6C[C@H](F)C7)nc5c3F)N3C[C@H]5CC[C@@H]([C@@H]3[C@@H](C)C4)N5Cc3oc(=O)oc3C)c12. The van der Waals surface area contributed by atoms with Crippen LogP contribution in [-0.4, -0.2) is 80.8 Å². The largest absolute Gasteiger partial charge is 0.519 e. The highest BCUT2D eigenvalue weighted by molar-refractivity contribution is 6.03. The van der Waals surface area contributed by atoms with Crippen LogP contribution >= 0.6 is 0 Å². The molecule has 63 heavy (non-hydrogen) atoms. The quantitative estimate of drug-likeness (QED) is 0.141. The van der Waals surface area contributed by atoms with Crippen LogP contribution in [0, 0.1) is 43.7 Å². The number of aromatic nitrogens is 3. The molecule has 5 aliphatic heterocycles. The first-order valence-electron chi connectivity index (χ1n) is 21.4. The van der Waals surface area contributed by atoms with E-state index < -0.39 is 35.0 Å². The number of rotatable bonds is 9. The van der Waals surface area contributed by atoms with Gasteiger partial charge in [0.25, 0.3) is 0 Å². The lowest BCUT2D eigenvalue weighted by molar-refractivity contribution is 0.0983. The van der Waals surface area contributed by atoms with Gasteiger partial charge in [0.1, 0.15) is 53.7 Å². The minimum absolute atomic E-state index is 0.000458. The van der Waals surface area contributed by atoms with Crippen molar-refractivity contribution in [3.05, 3.63) is 91.4 Å². The maximum atomic E-state index is 17.9. The Morgan fingerprint density at radius 2 is 1.76 bits per heavy atom. The minimum Gasteiger partial charge on any atom is -0.485 e. The Labute approximate surface area is 358 Å². The van der Waals surface area contributed by atoms with Crippen LogP contribution in [0.5, 0.6) is 11.8 Å². The van der Waals surface area contributed by atoms with Crippen molar-refractivity contribution in [2.45, 2.75) is 102 Å². The molecule has 0 aliphatic carbocycles. The molecule has 0 spiro atoms. The zero-order valence-corrected chi connectivity index (χ0v) is 34.8. The van der Waals surface area contributed by atoms with Gasteiger partial charge in [0, 0.05) is 48.6 Å². The van der Waals surface area contributed by atoms with Gasteiger partial charge in [-0.3, -0.25) is 9.80 Å². The van der Waals surface area contributed by atoms with Crippen molar-refractivity contribution in [1.82, 2.24) is 24.8 Å². The predicted octanol–water partition coefficient (Wildman–Crippen LogP) is 6.76. The highest BCUT2D eigenvalue weighted by atomic mass is 19.1. The molecule has 4 saturated heterocycles. The van der Waals surface area contributed by atoms with Gasteiger partial charge in [-0.15, -0.1) is 6.42 Å². The Hall–Kier alpha value is -6.12. The highest BCUT2D eigenvalue weighted by Gasteiger charge is 2.52. The van der Waals surface area contributed by atoms with E-state index in [0.717, 1.165) is 32.2 Å². The van der Waals surface area contributed by atoms with E-state index in [1.165, 1.54) is 18.2 Å². The number of benzene rings is 2. The third kappa shape index (κ3) is 6.43. The standard InChI is InChI=1S/C46H43F3N6O8/c1-5-29-31(48)9-7-25-14-28(58-20-35-24(4)61-45(57)63-35)15-30(36(25)29)39-38(49)40-37-32(50-39)13-22(2)41-33-10-8-27(54(33)19-34-23(3)60-44(56)62-34)18-55(41)42(37)52-43(51-40)59-21-46-11-6-12-53(46)17-26(47)16-46/h1,7,9,14-15,22,26-27,33,41H,6,8,10-13,16-21H2,2-4H3/t22-,26+,27+,33-,41-,46-/m0/s1. The van der Waals surface area contributed by atoms with Gasteiger partial charge in [-0.1, -0.05) is 18.9 Å². The fraction of sp³-hybridized carbons (Fsp3) is 0.457. The zero-order valence-electron chi connectivity index (χ0n) is 34.8. The van der Waals surface area contributed by atoms with Gasteiger partial charge in [0.15, 0.2) is 23.1 Å². The molecule has 6 atom stereocenters. The number of nitrogens with zero attached hydrogens (tertiary/aromatic N) is 6. The molecule has 9 heterocycles. The summed E-state index contributed by atoms with van der Waals surface area (Å²) in [5.41, 5.74) is -0.0657. The monoisotopic (exact) mass is 864 g/mol. The highest BCUT2D eigenvalue weighted by Crippen LogP contribution is 2.48. The van der Waals surface area contributed by atoms with E-state index in [0.29, 0.717) is 66.3 Å². The molecule has 11 rings (SSSR count). The van der Waals surface area contributed by atoms with Gasteiger partial charge in [-0.25, -0.2) is 27.7 Å². The van der Waals surface area contributed by atoms with Gasteiger partial charge < -0.3 is 32.0 Å². The van der Waals surface area contributed by atoms with Crippen molar-refractivity contribution in [3.63, 3.8) is 0 Å². The van der Waals surface area contributed by atoms with E-state index in [9.17, 15) is 14.0 Å².